The molecule has 0 aromatic carbocycles. The summed E-state index contributed by atoms with van der Waals surface area (Å²) in [7, 11) is 0. The van der Waals surface area contributed by atoms with Crippen molar-refractivity contribution in [3.8, 4) is 0 Å². The third kappa shape index (κ3) is 2.95. The molecule has 1 heterocycles. The van der Waals surface area contributed by atoms with Gasteiger partial charge in [-0.1, -0.05) is 13.8 Å². The summed E-state index contributed by atoms with van der Waals surface area (Å²) >= 11 is 0. The number of nitrogens with zero attached hydrogens (tertiary/aromatic N) is 1. The summed E-state index contributed by atoms with van der Waals surface area (Å²) in [5.74, 6) is -0.371. The number of aliphatic hydroxyl groups excluding tert-OH is 1. The minimum Gasteiger partial charge on any atom is -0.481 e. The lowest BCUT2D eigenvalue weighted by molar-refractivity contribution is -0.152. The number of hydrogen-bond donors (Lipinski definition) is 2. The van der Waals surface area contributed by atoms with Crippen LogP contribution in [-0.4, -0.2) is 47.3 Å². The van der Waals surface area contributed by atoms with Crippen molar-refractivity contribution in [3.63, 3.8) is 0 Å². The average Bonchev–Trinajstić information content (AvgIpc) is 2.29. The normalized spacial score (nSPS) is 22.9. The van der Waals surface area contributed by atoms with E-state index in [0.29, 0.717) is 6.42 Å². The van der Waals surface area contributed by atoms with Crippen LogP contribution in [0.4, 0.5) is 0 Å². The third-order valence-electron chi connectivity index (χ3n) is 3.83. The van der Waals surface area contributed by atoms with E-state index in [1.165, 1.54) is 0 Å². The Balaban J connectivity index is 2.46. The van der Waals surface area contributed by atoms with Crippen LogP contribution in [0.2, 0.25) is 0 Å². The molecule has 0 aliphatic carbocycles. The van der Waals surface area contributed by atoms with Crippen LogP contribution in [0.25, 0.3) is 0 Å². The van der Waals surface area contributed by atoms with E-state index >= 15 is 0 Å². The average molecular weight is 229 g/mol. The number of likely N-dealkylation sites (tertiary alicyclic amines) is 1. The molecule has 2 N–H and O–H groups in total. The molecule has 1 aliphatic rings. The highest BCUT2D eigenvalue weighted by atomic mass is 16.4. The second-order valence-electron chi connectivity index (χ2n) is 5.03. The number of carboxylic acids is 1. The number of aliphatic hydroxyl groups is 1. The molecule has 0 saturated carbocycles. The zero-order valence-electron chi connectivity index (χ0n) is 10.3. The third-order valence-corrected chi connectivity index (χ3v) is 3.83. The zero-order valence-corrected chi connectivity index (χ0v) is 10.3. The van der Waals surface area contributed by atoms with E-state index in [2.05, 4.69) is 4.90 Å². The Morgan fingerprint density at radius 1 is 1.44 bits per heavy atom. The lowest BCUT2D eigenvalue weighted by Gasteiger charge is -2.39. The molecule has 1 saturated heterocycles. The van der Waals surface area contributed by atoms with Crippen molar-refractivity contribution < 1.29 is 15.0 Å². The Labute approximate surface area is 97.3 Å². The smallest absolute Gasteiger partial charge is 0.309 e. The van der Waals surface area contributed by atoms with E-state index in [4.69, 9.17) is 5.11 Å². The first-order valence-corrected chi connectivity index (χ1v) is 6.10. The number of hydrogen-bond acceptors (Lipinski definition) is 3. The molecule has 1 unspecified atom stereocenters. The van der Waals surface area contributed by atoms with Crippen LogP contribution in [0.5, 0.6) is 0 Å². The molecule has 0 radical (unpaired) electrons. The van der Waals surface area contributed by atoms with Gasteiger partial charge in [0.05, 0.1) is 5.41 Å². The minimum atomic E-state index is -0.648. The number of piperidine rings is 1. The van der Waals surface area contributed by atoms with Crippen LogP contribution in [0.3, 0.4) is 0 Å². The quantitative estimate of drug-likeness (QED) is 0.743. The molecule has 1 rings (SSSR count). The fourth-order valence-electron chi connectivity index (χ4n) is 2.38. The Bertz CT molecular complexity index is 234. The lowest BCUT2D eigenvalue weighted by atomic mass is 9.76. The summed E-state index contributed by atoms with van der Waals surface area (Å²) in [6, 6.07) is 0. The highest BCUT2D eigenvalue weighted by Crippen LogP contribution is 2.35. The predicted octanol–water partition coefficient (Wildman–Crippen LogP) is 1.19. The molecule has 94 valence electrons. The van der Waals surface area contributed by atoms with Crippen molar-refractivity contribution in [2.24, 2.45) is 11.3 Å². The molecule has 0 aromatic heterocycles. The maximum absolute atomic E-state index is 11.2. The Morgan fingerprint density at radius 2 is 2.00 bits per heavy atom. The van der Waals surface area contributed by atoms with Gasteiger partial charge >= 0.3 is 5.97 Å². The first kappa shape index (κ1) is 13.5. The molecule has 4 heteroatoms. The summed E-state index contributed by atoms with van der Waals surface area (Å²) in [4.78, 5) is 13.5. The van der Waals surface area contributed by atoms with Gasteiger partial charge in [-0.15, -0.1) is 0 Å². The largest absolute Gasteiger partial charge is 0.481 e. The van der Waals surface area contributed by atoms with Crippen LogP contribution >= 0.6 is 0 Å². The van der Waals surface area contributed by atoms with Crippen molar-refractivity contribution in [3.05, 3.63) is 0 Å². The number of rotatable bonds is 5. The van der Waals surface area contributed by atoms with E-state index in [9.17, 15) is 9.90 Å². The van der Waals surface area contributed by atoms with Crippen molar-refractivity contribution >= 4 is 5.97 Å². The minimum absolute atomic E-state index is 0.203. The first-order valence-electron chi connectivity index (χ1n) is 6.10. The first-order chi connectivity index (χ1) is 7.54. The summed E-state index contributed by atoms with van der Waals surface area (Å²) < 4.78 is 0. The van der Waals surface area contributed by atoms with Gasteiger partial charge in [0.1, 0.15) is 0 Å². The number of aliphatic carboxylic acids is 1. The van der Waals surface area contributed by atoms with Crippen molar-refractivity contribution in [1.82, 2.24) is 4.90 Å². The summed E-state index contributed by atoms with van der Waals surface area (Å²) in [5.41, 5.74) is -0.501. The van der Waals surface area contributed by atoms with E-state index in [0.717, 1.165) is 32.5 Å². The molecule has 1 atom stereocenters. The van der Waals surface area contributed by atoms with Crippen LogP contribution in [0, 0.1) is 11.3 Å². The molecule has 1 fully saturated rings. The lowest BCUT2D eigenvalue weighted by Crippen LogP contribution is -2.45. The van der Waals surface area contributed by atoms with Gasteiger partial charge in [-0.05, 0) is 38.3 Å². The van der Waals surface area contributed by atoms with Crippen molar-refractivity contribution in [2.75, 3.05) is 26.2 Å². The van der Waals surface area contributed by atoms with Gasteiger partial charge in [0.2, 0.25) is 0 Å². The van der Waals surface area contributed by atoms with E-state index in [1.807, 2.05) is 13.8 Å². The fraction of sp³-hybridized carbons (Fsp3) is 0.917. The molecule has 0 amide bonds. The molecular weight excluding hydrogens is 206 g/mol. The van der Waals surface area contributed by atoms with Crippen LogP contribution in [0.1, 0.15) is 33.1 Å². The summed E-state index contributed by atoms with van der Waals surface area (Å²) in [5, 5.41) is 18.2. The molecule has 1 aliphatic heterocycles. The van der Waals surface area contributed by atoms with E-state index in [1.54, 1.807) is 0 Å². The highest BCUT2D eigenvalue weighted by molar-refractivity contribution is 5.74. The Morgan fingerprint density at radius 3 is 2.38 bits per heavy atom. The van der Waals surface area contributed by atoms with Gasteiger partial charge in [-0.3, -0.25) is 4.79 Å². The van der Waals surface area contributed by atoms with Gasteiger partial charge in [-0.25, -0.2) is 0 Å². The van der Waals surface area contributed by atoms with Gasteiger partial charge in [0.25, 0.3) is 0 Å². The summed E-state index contributed by atoms with van der Waals surface area (Å²) in [6.45, 7) is 6.72. The van der Waals surface area contributed by atoms with Crippen molar-refractivity contribution in [2.45, 2.75) is 33.1 Å². The maximum Gasteiger partial charge on any atom is 0.309 e. The monoisotopic (exact) mass is 229 g/mol. The van der Waals surface area contributed by atoms with Crippen LogP contribution in [-0.2, 0) is 4.79 Å². The topological polar surface area (TPSA) is 60.8 Å². The van der Waals surface area contributed by atoms with Crippen LogP contribution < -0.4 is 0 Å². The van der Waals surface area contributed by atoms with Crippen LogP contribution in [0.15, 0.2) is 0 Å². The highest BCUT2D eigenvalue weighted by Gasteiger charge is 2.39. The Kier molecular flexibility index (Phi) is 4.74. The molecule has 4 nitrogen and oxygen atoms in total. The van der Waals surface area contributed by atoms with Crippen molar-refractivity contribution in [1.29, 1.82) is 0 Å². The van der Waals surface area contributed by atoms with E-state index < -0.39 is 11.4 Å². The number of carboxylic acid groups (broad SMARTS) is 1. The van der Waals surface area contributed by atoms with Gasteiger partial charge in [0.15, 0.2) is 0 Å². The molecule has 16 heavy (non-hydrogen) atoms. The maximum atomic E-state index is 11.2. The number of carbonyl (C=O) groups is 1. The Hall–Kier alpha value is -0.610. The zero-order chi connectivity index (χ0) is 12.2. The SMILES string of the molecule is CCC1(C(=O)O)CCN(CC(C)CO)CC1. The van der Waals surface area contributed by atoms with E-state index in [-0.39, 0.29) is 12.5 Å². The molecule has 0 bridgehead atoms. The standard InChI is InChI=1S/C12H23NO3/c1-3-12(11(15)16)4-6-13(7-5-12)8-10(2)9-14/h10,14H,3-9H2,1-2H3,(H,15,16). The second kappa shape index (κ2) is 5.64. The predicted molar refractivity (Wildman–Crippen MR) is 62.3 cm³/mol. The molecule has 0 aromatic rings. The second-order valence-corrected chi connectivity index (χ2v) is 5.03. The molecular formula is C12H23NO3. The summed E-state index contributed by atoms with van der Waals surface area (Å²) in [6.07, 6.45) is 2.18. The van der Waals surface area contributed by atoms with Gasteiger partial charge in [-0.2, -0.15) is 0 Å². The molecule has 0 spiro atoms. The van der Waals surface area contributed by atoms with Gasteiger partial charge in [0, 0.05) is 13.2 Å². The fourth-order valence-corrected chi connectivity index (χ4v) is 2.38. The van der Waals surface area contributed by atoms with Gasteiger partial charge < -0.3 is 15.1 Å².